The van der Waals surface area contributed by atoms with Crippen molar-refractivity contribution in [2.45, 2.75) is 69.9 Å². The van der Waals surface area contributed by atoms with E-state index in [4.69, 9.17) is 16.6 Å². The SMILES string of the molecule is O=C(O)[C@H]1CC[C@H](NCC(C2CCCCC2)n2c(-c3ccc(Cl)cc3)nc3cc(F)c(F)cc32)CC1. The van der Waals surface area contributed by atoms with Gasteiger partial charge in [0, 0.05) is 35.3 Å². The summed E-state index contributed by atoms with van der Waals surface area (Å²) >= 11 is 6.14. The summed E-state index contributed by atoms with van der Waals surface area (Å²) in [6, 6.07) is 10.1. The van der Waals surface area contributed by atoms with Crippen LogP contribution in [-0.2, 0) is 4.79 Å². The third kappa shape index (κ3) is 5.28. The van der Waals surface area contributed by atoms with E-state index < -0.39 is 17.6 Å². The Balaban J connectivity index is 1.52. The van der Waals surface area contributed by atoms with Crippen LogP contribution in [0.3, 0.4) is 0 Å². The number of hydrogen-bond acceptors (Lipinski definition) is 3. The van der Waals surface area contributed by atoms with E-state index in [2.05, 4.69) is 9.88 Å². The quantitative estimate of drug-likeness (QED) is 0.356. The maximum atomic E-state index is 14.5. The number of nitrogens with one attached hydrogen (secondary N) is 1. The molecule has 5 nitrogen and oxygen atoms in total. The van der Waals surface area contributed by atoms with Crippen molar-refractivity contribution in [3.63, 3.8) is 0 Å². The molecule has 2 aliphatic carbocycles. The van der Waals surface area contributed by atoms with E-state index in [1.165, 1.54) is 18.6 Å². The molecule has 2 fully saturated rings. The molecule has 5 rings (SSSR count). The zero-order chi connectivity index (χ0) is 25.2. The summed E-state index contributed by atoms with van der Waals surface area (Å²) in [5.74, 6) is -1.70. The van der Waals surface area contributed by atoms with Gasteiger partial charge in [-0.3, -0.25) is 4.79 Å². The maximum Gasteiger partial charge on any atom is 0.306 e. The molecule has 0 aliphatic heterocycles. The molecular weight excluding hydrogens is 484 g/mol. The van der Waals surface area contributed by atoms with Crippen molar-refractivity contribution in [2.75, 3.05) is 6.54 Å². The zero-order valence-corrected chi connectivity index (χ0v) is 21.0. The van der Waals surface area contributed by atoms with Crippen molar-refractivity contribution in [3.8, 4) is 11.4 Å². The van der Waals surface area contributed by atoms with Crippen molar-refractivity contribution >= 4 is 28.6 Å². The Morgan fingerprint density at radius 3 is 2.36 bits per heavy atom. The van der Waals surface area contributed by atoms with Crippen LogP contribution in [0.2, 0.25) is 5.02 Å². The highest BCUT2D eigenvalue weighted by Gasteiger charge is 2.31. The number of imidazole rings is 1. The summed E-state index contributed by atoms with van der Waals surface area (Å²) in [5.41, 5.74) is 1.87. The first kappa shape index (κ1) is 25.2. The largest absolute Gasteiger partial charge is 0.481 e. The third-order valence-corrected chi connectivity index (χ3v) is 8.30. The Bertz CT molecular complexity index is 1220. The van der Waals surface area contributed by atoms with Crippen molar-refractivity contribution in [2.24, 2.45) is 11.8 Å². The van der Waals surface area contributed by atoms with Crippen LogP contribution in [0.15, 0.2) is 36.4 Å². The summed E-state index contributed by atoms with van der Waals surface area (Å²) in [6.07, 6.45) is 8.65. The number of carbonyl (C=O) groups is 1. The fourth-order valence-electron chi connectivity index (χ4n) is 6.05. The predicted octanol–water partition coefficient (Wildman–Crippen LogP) is 6.99. The normalized spacial score (nSPS) is 22.1. The first-order valence-electron chi connectivity index (χ1n) is 13.0. The highest BCUT2D eigenvalue weighted by molar-refractivity contribution is 6.30. The minimum Gasteiger partial charge on any atom is -0.481 e. The van der Waals surface area contributed by atoms with Gasteiger partial charge < -0.3 is 15.0 Å². The monoisotopic (exact) mass is 515 g/mol. The van der Waals surface area contributed by atoms with Gasteiger partial charge in [0.25, 0.3) is 0 Å². The second-order valence-corrected chi connectivity index (χ2v) is 10.8. The molecule has 3 aromatic rings. The van der Waals surface area contributed by atoms with E-state index in [1.807, 2.05) is 12.1 Å². The molecule has 0 saturated heterocycles. The molecule has 2 N–H and O–H groups in total. The van der Waals surface area contributed by atoms with E-state index in [9.17, 15) is 18.7 Å². The molecular formula is C28H32ClF2N3O2. The Kier molecular flexibility index (Phi) is 7.58. The first-order valence-corrected chi connectivity index (χ1v) is 13.4. The molecule has 2 saturated carbocycles. The number of rotatable bonds is 7. The lowest BCUT2D eigenvalue weighted by Gasteiger charge is -2.35. The van der Waals surface area contributed by atoms with Crippen LogP contribution in [0, 0.1) is 23.5 Å². The van der Waals surface area contributed by atoms with E-state index >= 15 is 0 Å². The second-order valence-electron chi connectivity index (χ2n) is 10.3. The van der Waals surface area contributed by atoms with Crippen LogP contribution in [0.1, 0.15) is 63.8 Å². The molecule has 192 valence electrons. The summed E-state index contributed by atoms with van der Waals surface area (Å²) in [6.45, 7) is 0.665. The summed E-state index contributed by atoms with van der Waals surface area (Å²) in [7, 11) is 0. The Morgan fingerprint density at radius 1 is 1.03 bits per heavy atom. The first-order chi connectivity index (χ1) is 17.4. The van der Waals surface area contributed by atoms with Crippen molar-refractivity contribution in [1.82, 2.24) is 14.9 Å². The Morgan fingerprint density at radius 2 is 1.69 bits per heavy atom. The number of aromatic nitrogens is 2. The van der Waals surface area contributed by atoms with Gasteiger partial charge in [0.1, 0.15) is 5.82 Å². The molecule has 1 heterocycles. The molecule has 1 aromatic heterocycles. The number of benzene rings is 2. The fourth-order valence-corrected chi connectivity index (χ4v) is 6.17. The number of aliphatic carboxylic acids is 1. The summed E-state index contributed by atoms with van der Waals surface area (Å²) in [4.78, 5) is 16.1. The predicted molar refractivity (Wildman–Crippen MR) is 137 cm³/mol. The van der Waals surface area contributed by atoms with E-state index in [0.29, 0.717) is 47.2 Å². The van der Waals surface area contributed by atoms with Crippen LogP contribution < -0.4 is 5.32 Å². The Hall–Kier alpha value is -2.51. The molecule has 36 heavy (non-hydrogen) atoms. The van der Waals surface area contributed by atoms with Gasteiger partial charge in [-0.25, -0.2) is 13.8 Å². The van der Waals surface area contributed by atoms with Crippen LogP contribution in [0.4, 0.5) is 8.78 Å². The fraction of sp³-hybridized carbons (Fsp3) is 0.500. The van der Waals surface area contributed by atoms with Gasteiger partial charge >= 0.3 is 5.97 Å². The van der Waals surface area contributed by atoms with E-state index in [-0.39, 0.29) is 18.0 Å². The average molecular weight is 516 g/mol. The smallest absolute Gasteiger partial charge is 0.306 e. The van der Waals surface area contributed by atoms with Gasteiger partial charge in [0.15, 0.2) is 11.6 Å². The van der Waals surface area contributed by atoms with Crippen molar-refractivity contribution < 1.29 is 18.7 Å². The third-order valence-electron chi connectivity index (χ3n) is 8.05. The van der Waals surface area contributed by atoms with Gasteiger partial charge in [0.05, 0.1) is 23.0 Å². The van der Waals surface area contributed by atoms with Gasteiger partial charge in [0.2, 0.25) is 0 Å². The number of nitrogens with zero attached hydrogens (tertiary/aromatic N) is 2. The average Bonchev–Trinajstić information content (AvgIpc) is 3.23. The van der Waals surface area contributed by atoms with Crippen LogP contribution in [0.25, 0.3) is 22.4 Å². The molecule has 0 radical (unpaired) electrons. The van der Waals surface area contributed by atoms with Crippen LogP contribution in [-0.4, -0.2) is 33.2 Å². The zero-order valence-electron chi connectivity index (χ0n) is 20.2. The lowest BCUT2D eigenvalue weighted by atomic mass is 9.82. The van der Waals surface area contributed by atoms with E-state index in [1.54, 1.807) is 12.1 Å². The number of hydrogen-bond donors (Lipinski definition) is 2. The maximum absolute atomic E-state index is 14.5. The van der Waals surface area contributed by atoms with E-state index in [0.717, 1.165) is 44.1 Å². The highest BCUT2D eigenvalue weighted by atomic mass is 35.5. The number of carboxylic acids is 1. The molecule has 0 spiro atoms. The van der Waals surface area contributed by atoms with Gasteiger partial charge in [-0.2, -0.15) is 0 Å². The molecule has 2 aliphatic rings. The van der Waals surface area contributed by atoms with Crippen LogP contribution in [0.5, 0.6) is 0 Å². The number of halogens is 3. The molecule has 2 aromatic carbocycles. The number of fused-ring (bicyclic) bond motifs is 1. The lowest BCUT2D eigenvalue weighted by Crippen LogP contribution is -2.40. The molecule has 8 heteroatoms. The van der Waals surface area contributed by atoms with Crippen LogP contribution >= 0.6 is 11.6 Å². The molecule has 0 bridgehead atoms. The summed E-state index contributed by atoms with van der Waals surface area (Å²) in [5, 5.41) is 13.7. The van der Waals surface area contributed by atoms with Gasteiger partial charge in [-0.15, -0.1) is 0 Å². The standard InChI is InChI=1S/C28H32ClF2N3O2/c29-20-10-6-18(7-11-20)27-33-24-14-22(30)23(31)15-25(24)34(27)26(17-4-2-1-3-5-17)16-32-21-12-8-19(9-13-21)28(35)36/h6-7,10-11,14-15,17,19,21,26,32H,1-5,8-9,12-13,16H2,(H,35,36)/t19-,21-,26?. The second kappa shape index (κ2) is 10.9. The topological polar surface area (TPSA) is 67.2 Å². The Labute approximate surface area is 214 Å². The molecule has 0 amide bonds. The minimum atomic E-state index is -0.905. The summed E-state index contributed by atoms with van der Waals surface area (Å²) < 4.78 is 30.8. The highest BCUT2D eigenvalue weighted by Crippen LogP contribution is 2.39. The van der Waals surface area contributed by atoms with Crippen molar-refractivity contribution in [1.29, 1.82) is 0 Å². The minimum absolute atomic E-state index is 0.00281. The lowest BCUT2D eigenvalue weighted by molar-refractivity contribution is -0.142. The number of carboxylic acid groups (broad SMARTS) is 1. The van der Waals surface area contributed by atoms with Crippen molar-refractivity contribution in [3.05, 3.63) is 53.1 Å². The van der Waals surface area contributed by atoms with Gasteiger partial charge in [-0.1, -0.05) is 30.9 Å². The molecule has 1 unspecified atom stereocenters. The molecule has 1 atom stereocenters. The van der Waals surface area contributed by atoms with Gasteiger partial charge in [-0.05, 0) is 68.7 Å².